The van der Waals surface area contributed by atoms with Gasteiger partial charge >= 0.3 is 0 Å². The summed E-state index contributed by atoms with van der Waals surface area (Å²) in [5, 5.41) is 8.24. The average molecular weight is 420 g/mol. The lowest BCUT2D eigenvalue weighted by atomic mass is 9.97. The Morgan fingerprint density at radius 1 is 1.14 bits per heavy atom. The molecule has 0 atom stereocenters. The number of carbonyl (C=O) groups excluding carboxylic acids is 2. The number of carbonyl (C=O) groups is 2. The Morgan fingerprint density at radius 2 is 1.79 bits per heavy atom. The highest BCUT2D eigenvalue weighted by molar-refractivity contribution is 6.33. The summed E-state index contributed by atoms with van der Waals surface area (Å²) in [6, 6.07) is 4.66. The minimum Gasteiger partial charge on any atom is -0.325 e. The van der Waals surface area contributed by atoms with E-state index in [1.54, 1.807) is 17.8 Å². The molecule has 0 aromatic carbocycles. The number of nitrogens with one attached hydrogen (secondary N) is 1. The molecule has 146 valence electrons. The van der Waals surface area contributed by atoms with Gasteiger partial charge in [-0.05, 0) is 36.6 Å². The minimum atomic E-state index is -0.488. The Bertz CT molecular complexity index is 1070. The maximum Gasteiger partial charge on any atom is 0.232 e. The molecule has 1 amide bonds. The monoisotopic (exact) mass is 419 g/mol. The van der Waals surface area contributed by atoms with E-state index in [1.165, 1.54) is 12.1 Å². The molecule has 1 N–H and O–H groups in total. The molecule has 0 aliphatic rings. The van der Waals surface area contributed by atoms with Crippen LogP contribution in [0.15, 0.2) is 18.2 Å². The van der Waals surface area contributed by atoms with Gasteiger partial charge in [-0.15, -0.1) is 0 Å². The van der Waals surface area contributed by atoms with Crippen molar-refractivity contribution in [3.05, 3.63) is 45.5 Å². The third kappa shape index (κ3) is 4.15. The molecule has 0 unspecified atom stereocenters. The van der Waals surface area contributed by atoms with Gasteiger partial charge in [-0.2, -0.15) is 5.10 Å². The predicted octanol–water partition coefficient (Wildman–Crippen LogP) is 4.31. The summed E-state index contributed by atoms with van der Waals surface area (Å²) < 4.78 is 1.65. The summed E-state index contributed by atoms with van der Waals surface area (Å²) in [7, 11) is 1.78. The van der Waals surface area contributed by atoms with Gasteiger partial charge in [0.1, 0.15) is 16.0 Å². The number of aryl methyl sites for hydroxylation is 2. The van der Waals surface area contributed by atoms with Gasteiger partial charge in [0.2, 0.25) is 5.91 Å². The Morgan fingerprint density at radius 3 is 2.39 bits per heavy atom. The maximum absolute atomic E-state index is 12.7. The Kier molecular flexibility index (Phi) is 5.67. The molecule has 0 fully saturated rings. The fourth-order valence-corrected chi connectivity index (χ4v) is 3.52. The number of anilines is 1. The number of pyridine rings is 2. The van der Waals surface area contributed by atoms with E-state index in [9.17, 15) is 9.59 Å². The number of rotatable bonds is 5. The number of Topliss-reactive ketones (excluding diaryl/α,β-unsaturated/α-hetero) is 1. The number of nitrogens with zero attached hydrogens (tertiary/aromatic N) is 4. The fraction of sp³-hybridized carbons (Fsp3) is 0.316. The van der Waals surface area contributed by atoms with E-state index in [1.807, 2.05) is 20.8 Å². The summed E-state index contributed by atoms with van der Waals surface area (Å²) in [6.07, 6.45) is -0.357. The highest BCUT2D eigenvalue weighted by atomic mass is 35.5. The highest BCUT2D eigenvalue weighted by Gasteiger charge is 2.20. The molecule has 3 heterocycles. The SMILES string of the molecule is Cc1nn(C)c2nc(C(=O)CC(=O)Nc3cc(Cl)nc(Cl)c3)cc(C(C)C)c12. The first-order valence-corrected chi connectivity index (χ1v) is 9.41. The molecule has 9 heteroatoms. The van der Waals surface area contributed by atoms with Crippen molar-refractivity contribution in [2.24, 2.45) is 7.05 Å². The van der Waals surface area contributed by atoms with Crippen molar-refractivity contribution in [1.29, 1.82) is 0 Å². The van der Waals surface area contributed by atoms with E-state index in [0.29, 0.717) is 11.3 Å². The summed E-state index contributed by atoms with van der Waals surface area (Å²) in [5.74, 6) is -0.696. The fourth-order valence-electron chi connectivity index (χ4n) is 3.05. The molecule has 3 rings (SSSR count). The average Bonchev–Trinajstić information content (AvgIpc) is 2.87. The van der Waals surface area contributed by atoms with Crippen LogP contribution in [-0.4, -0.2) is 31.4 Å². The molecule has 0 aliphatic heterocycles. The van der Waals surface area contributed by atoms with E-state index in [-0.39, 0.29) is 34.1 Å². The largest absolute Gasteiger partial charge is 0.325 e. The molecule has 0 saturated carbocycles. The van der Waals surface area contributed by atoms with E-state index < -0.39 is 5.91 Å². The van der Waals surface area contributed by atoms with Crippen molar-refractivity contribution >= 4 is 51.6 Å². The summed E-state index contributed by atoms with van der Waals surface area (Å²) in [4.78, 5) is 33.2. The number of ketones is 1. The second-order valence-electron chi connectivity index (χ2n) is 6.81. The van der Waals surface area contributed by atoms with Gasteiger partial charge in [0.05, 0.1) is 12.1 Å². The van der Waals surface area contributed by atoms with Crippen molar-refractivity contribution in [3.8, 4) is 0 Å². The molecular weight excluding hydrogens is 401 g/mol. The van der Waals surface area contributed by atoms with Crippen LogP contribution in [0, 0.1) is 6.92 Å². The highest BCUT2D eigenvalue weighted by Crippen LogP contribution is 2.28. The van der Waals surface area contributed by atoms with Gasteiger partial charge in [-0.1, -0.05) is 37.0 Å². The van der Waals surface area contributed by atoms with E-state index in [4.69, 9.17) is 23.2 Å². The second kappa shape index (κ2) is 7.85. The number of hydrogen-bond acceptors (Lipinski definition) is 5. The van der Waals surface area contributed by atoms with Crippen LogP contribution in [-0.2, 0) is 11.8 Å². The van der Waals surface area contributed by atoms with Gasteiger partial charge < -0.3 is 5.32 Å². The number of halogens is 2. The summed E-state index contributed by atoms with van der Waals surface area (Å²) in [6.45, 7) is 5.99. The lowest BCUT2D eigenvalue weighted by Gasteiger charge is -2.10. The zero-order valence-electron chi connectivity index (χ0n) is 15.9. The van der Waals surface area contributed by atoms with Crippen molar-refractivity contribution in [2.75, 3.05) is 5.32 Å². The first-order chi connectivity index (χ1) is 13.2. The zero-order chi connectivity index (χ0) is 20.6. The van der Waals surface area contributed by atoms with Crippen molar-refractivity contribution in [2.45, 2.75) is 33.1 Å². The van der Waals surface area contributed by atoms with Gasteiger partial charge in [0.25, 0.3) is 0 Å². The first-order valence-electron chi connectivity index (χ1n) is 8.66. The smallest absolute Gasteiger partial charge is 0.232 e. The molecule has 3 aromatic heterocycles. The summed E-state index contributed by atoms with van der Waals surface area (Å²) in [5.41, 5.74) is 3.07. The second-order valence-corrected chi connectivity index (χ2v) is 7.58. The molecule has 0 bridgehead atoms. The van der Waals surface area contributed by atoms with Gasteiger partial charge in [-0.3, -0.25) is 14.3 Å². The Balaban J connectivity index is 1.87. The van der Waals surface area contributed by atoms with Crippen LogP contribution in [0.4, 0.5) is 5.69 Å². The van der Waals surface area contributed by atoms with Crippen LogP contribution in [0.3, 0.4) is 0 Å². The first kappa shape index (κ1) is 20.2. The number of amides is 1. The number of hydrogen-bond donors (Lipinski definition) is 1. The van der Waals surface area contributed by atoms with Crippen LogP contribution in [0.5, 0.6) is 0 Å². The minimum absolute atomic E-state index is 0.148. The molecular formula is C19H19Cl2N5O2. The van der Waals surface area contributed by atoms with Crippen LogP contribution < -0.4 is 5.32 Å². The van der Waals surface area contributed by atoms with E-state index in [2.05, 4.69) is 20.4 Å². The van der Waals surface area contributed by atoms with Crippen LogP contribution in [0.1, 0.15) is 47.9 Å². The third-order valence-electron chi connectivity index (χ3n) is 4.27. The molecule has 0 spiro atoms. The lowest BCUT2D eigenvalue weighted by Crippen LogP contribution is -2.18. The Labute approximate surface area is 172 Å². The van der Waals surface area contributed by atoms with Gasteiger partial charge in [0.15, 0.2) is 11.4 Å². The molecule has 0 aliphatic carbocycles. The van der Waals surface area contributed by atoms with Crippen LogP contribution in [0.25, 0.3) is 11.0 Å². The van der Waals surface area contributed by atoms with Crippen LogP contribution >= 0.6 is 23.2 Å². The molecule has 7 nitrogen and oxygen atoms in total. The molecule has 0 radical (unpaired) electrons. The topological polar surface area (TPSA) is 89.8 Å². The molecule has 3 aromatic rings. The zero-order valence-corrected chi connectivity index (χ0v) is 17.4. The lowest BCUT2D eigenvalue weighted by molar-refractivity contribution is -0.115. The standard InChI is InChI=1S/C19H19Cl2N5O2/c1-9(2)12-7-13(23-19-18(12)10(3)25-26(19)4)14(27)8-17(28)22-11-5-15(20)24-16(21)6-11/h5-7,9H,8H2,1-4H3,(H,22,24,28). The van der Waals surface area contributed by atoms with Gasteiger partial charge in [0, 0.05) is 18.1 Å². The predicted molar refractivity (Wildman–Crippen MR) is 109 cm³/mol. The maximum atomic E-state index is 12.7. The van der Waals surface area contributed by atoms with E-state index in [0.717, 1.165) is 16.6 Å². The third-order valence-corrected chi connectivity index (χ3v) is 4.66. The van der Waals surface area contributed by atoms with Crippen molar-refractivity contribution in [1.82, 2.24) is 19.7 Å². The van der Waals surface area contributed by atoms with E-state index >= 15 is 0 Å². The molecule has 28 heavy (non-hydrogen) atoms. The van der Waals surface area contributed by atoms with Crippen molar-refractivity contribution < 1.29 is 9.59 Å². The molecule has 0 saturated heterocycles. The number of fused-ring (bicyclic) bond motifs is 1. The summed E-state index contributed by atoms with van der Waals surface area (Å²) >= 11 is 11.6. The quantitative estimate of drug-likeness (QED) is 0.377. The van der Waals surface area contributed by atoms with Crippen LogP contribution in [0.2, 0.25) is 10.3 Å². The van der Waals surface area contributed by atoms with Gasteiger partial charge in [-0.25, -0.2) is 9.97 Å². The number of aromatic nitrogens is 4. The Hall–Kier alpha value is -2.51. The normalized spacial score (nSPS) is 11.2. The van der Waals surface area contributed by atoms with Crippen molar-refractivity contribution in [3.63, 3.8) is 0 Å².